The molecule has 14 heteroatoms. The van der Waals surface area contributed by atoms with E-state index >= 15 is 0 Å². The van der Waals surface area contributed by atoms with Crippen LogP contribution in [0.25, 0.3) is 0 Å². The van der Waals surface area contributed by atoms with Crippen LogP contribution in [0.4, 0.5) is 0 Å². The van der Waals surface area contributed by atoms with Crippen molar-refractivity contribution >= 4 is 23.4 Å². The Balaban J connectivity index is 0.000000307. The molecule has 0 aliphatic carbocycles. The third-order valence-corrected chi connectivity index (χ3v) is 5.58. The van der Waals surface area contributed by atoms with Gasteiger partial charge in [0, 0.05) is 0 Å². The molecule has 14 nitrogen and oxygen atoms in total. The van der Waals surface area contributed by atoms with Crippen molar-refractivity contribution in [3.63, 3.8) is 0 Å². The van der Waals surface area contributed by atoms with Crippen LogP contribution in [0.5, 0.6) is 46.0 Å². The molecule has 0 heterocycles. The van der Waals surface area contributed by atoms with Gasteiger partial charge in [-0.15, -0.1) is 0 Å². The van der Waals surface area contributed by atoms with E-state index in [1.165, 1.54) is 86.6 Å². The number of primary amides is 1. The molecule has 0 aliphatic rings. The fourth-order valence-corrected chi connectivity index (χ4v) is 3.27. The molecule has 0 aliphatic heterocycles. The molecule has 0 radical (unpaired) electrons. The summed E-state index contributed by atoms with van der Waals surface area (Å²) in [5, 5.41) is 72.3. The highest BCUT2D eigenvalue weighted by Crippen LogP contribution is 2.30. The first-order chi connectivity index (χ1) is 21.5. The van der Waals surface area contributed by atoms with Gasteiger partial charge in [0.2, 0.25) is 0 Å². The lowest BCUT2D eigenvalue weighted by molar-refractivity contribution is 0.0521. The molecule has 4 aromatic rings. The molecule has 0 fully saturated rings. The molecule has 0 bridgehead atoms. The number of carbonyl (C=O) groups is 4. The smallest absolute Gasteiger partial charge is 0.342 e. The van der Waals surface area contributed by atoms with Crippen LogP contribution in [-0.4, -0.2) is 70.9 Å². The van der Waals surface area contributed by atoms with Crippen molar-refractivity contribution in [1.29, 1.82) is 0 Å². The molecule has 0 aromatic heterocycles. The summed E-state index contributed by atoms with van der Waals surface area (Å²) in [7, 11) is 0. The Kier molecular flexibility index (Phi) is 14.4. The molecule has 0 atom stereocenters. The van der Waals surface area contributed by atoms with Crippen molar-refractivity contribution in [2.75, 3.05) is 6.61 Å². The second-order valence-corrected chi connectivity index (χ2v) is 8.89. The number of para-hydroxylation sites is 4. The van der Waals surface area contributed by atoms with Crippen LogP contribution in [0.1, 0.15) is 62.2 Å². The molecule has 0 spiro atoms. The largest absolute Gasteiger partial charge is 0.504 e. The van der Waals surface area contributed by atoms with Gasteiger partial charge in [0.05, 0.1) is 23.3 Å². The van der Waals surface area contributed by atoms with Crippen LogP contribution in [0.3, 0.4) is 0 Å². The first kappa shape index (κ1) is 37.6. The van der Waals surface area contributed by atoms with Crippen LogP contribution < -0.4 is 5.73 Å². The number of nitrogens with two attached hydrogens (primary N) is 1. The topological polar surface area (TPSA) is 265 Å². The lowest BCUT2D eigenvalue weighted by Gasteiger charge is -2.04. The van der Waals surface area contributed by atoms with E-state index in [4.69, 9.17) is 41.5 Å². The number of Topliss-reactive ketones (excluding diaryl/α,β-unsaturated/α-hetero) is 2. The van der Waals surface area contributed by atoms with E-state index in [0.717, 1.165) is 0 Å². The average Bonchev–Trinajstić information content (AvgIpc) is 2.99. The Hall–Kier alpha value is -6.44. The van der Waals surface area contributed by atoms with E-state index in [1.807, 2.05) is 0 Å². The zero-order valence-corrected chi connectivity index (χ0v) is 24.8. The van der Waals surface area contributed by atoms with Gasteiger partial charge in [-0.2, -0.15) is 0 Å². The Morgan fingerprint density at radius 2 is 0.804 bits per heavy atom. The molecular weight excluding hydrogens is 606 g/mol. The van der Waals surface area contributed by atoms with Crippen LogP contribution in [0, 0.1) is 0 Å². The monoisotopic (exact) mass is 639 g/mol. The fourth-order valence-electron chi connectivity index (χ4n) is 3.27. The maximum Gasteiger partial charge on any atom is 0.342 e. The molecular formula is C32H33NO13. The summed E-state index contributed by atoms with van der Waals surface area (Å²) < 4.78 is 4.65. The normalized spacial score (nSPS) is 9.54. The minimum atomic E-state index is -0.765. The number of amides is 1. The number of aromatic hydroxyl groups is 8. The SMILES string of the molecule is CC(=O)c1cccc(O)c1O.CC(=O)c1cccc(O)c1O.CCOC(=O)c1cccc(O)c1O.NC(=O)c1cccc(O)c1O. The second kappa shape index (κ2) is 17.6. The Morgan fingerprint density at radius 1 is 0.522 bits per heavy atom. The van der Waals surface area contributed by atoms with Crippen molar-refractivity contribution in [1.82, 2.24) is 0 Å². The minimum Gasteiger partial charge on any atom is -0.504 e. The zero-order chi connectivity index (χ0) is 35.1. The van der Waals surface area contributed by atoms with E-state index in [0.29, 0.717) is 0 Å². The molecule has 244 valence electrons. The van der Waals surface area contributed by atoms with Gasteiger partial charge in [-0.05, 0) is 69.3 Å². The second-order valence-electron chi connectivity index (χ2n) is 8.89. The van der Waals surface area contributed by atoms with Gasteiger partial charge >= 0.3 is 5.97 Å². The molecule has 4 rings (SSSR count). The third-order valence-electron chi connectivity index (χ3n) is 5.58. The number of rotatable bonds is 5. The summed E-state index contributed by atoms with van der Waals surface area (Å²) >= 11 is 0. The first-order valence-electron chi connectivity index (χ1n) is 13.1. The van der Waals surface area contributed by atoms with Crippen molar-refractivity contribution in [3.8, 4) is 46.0 Å². The molecule has 10 N–H and O–H groups in total. The van der Waals surface area contributed by atoms with E-state index < -0.39 is 23.4 Å². The molecule has 0 unspecified atom stereocenters. The highest BCUT2D eigenvalue weighted by atomic mass is 16.5. The lowest BCUT2D eigenvalue weighted by atomic mass is 10.1. The lowest BCUT2D eigenvalue weighted by Crippen LogP contribution is -2.10. The fraction of sp³-hybridized carbons (Fsp3) is 0.125. The summed E-state index contributed by atoms with van der Waals surface area (Å²) in [6, 6.07) is 16.7. The Morgan fingerprint density at radius 3 is 1.07 bits per heavy atom. The van der Waals surface area contributed by atoms with Crippen molar-refractivity contribution < 1.29 is 64.8 Å². The van der Waals surface area contributed by atoms with E-state index in [1.54, 1.807) is 6.92 Å². The predicted molar refractivity (Wildman–Crippen MR) is 164 cm³/mol. The highest BCUT2D eigenvalue weighted by Gasteiger charge is 2.14. The van der Waals surface area contributed by atoms with E-state index in [9.17, 15) is 24.3 Å². The number of phenolic OH excluding ortho intramolecular Hbond substituents is 7. The summed E-state index contributed by atoms with van der Waals surface area (Å²) in [5.41, 5.74) is 5.06. The summed E-state index contributed by atoms with van der Waals surface area (Å²) in [5.74, 6) is -4.76. The van der Waals surface area contributed by atoms with Crippen LogP contribution in [0.15, 0.2) is 72.8 Å². The molecule has 4 aromatic carbocycles. The third kappa shape index (κ3) is 10.7. The standard InChI is InChI=1S/C9H10O4.2C8H8O3.C7H7NO3/c1-2-13-9(12)6-4-3-5-7(10)8(6)11;2*1-5(9)6-3-2-4-7(10)8(6)11;8-7(11)4-2-1-3-5(9)6(4)10/h3-5,10-11H,2H2,1H3;2*2-4,10-11H,1H3;1-3,9-10H,(H2,8,11). The maximum absolute atomic E-state index is 11.1. The number of benzene rings is 4. The number of hydrogen-bond donors (Lipinski definition) is 9. The predicted octanol–water partition coefficient (Wildman–Crippen LogP) is 4.07. The zero-order valence-electron chi connectivity index (χ0n) is 24.8. The Bertz CT molecular complexity index is 1550. The van der Waals surface area contributed by atoms with Crippen LogP contribution in [-0.2, 0) is 4.74 Å². The highest BCUT2D eigenvalue weighted by molar-refractivity contribution is 5.98. The van der Waals surface area contributed by atoms with Crippen LogP contribution >= 0.6 is 0 Å². The van der Waals surface area contributed by atoms with Gasteiger partial charge in [0.15, 0.2) is 57.6 Å². The van der Waals surface area contributed by atoms with E-state index in [2.05, 4.69) is 4.74 Å². The summed E-state index contributed by atoms with van der Waals surface area (Å²) in [6.45, 7) is 4.55. The average molecular weight is 640 g/mol. The number of esters is 1. The van der Waals surface area contributed by atoms with Gasteiger partial charge in [0.1, 0.15) is 5.56 Å². The van der Waals surface area contributed by atoms with Gasteiger partial charge in [-0.3, -0.25) is 14.4 Å². The van der Waals surface area contributed by atoms with Crippen LogP contribution in [0.2, 0.25) is 0 Å². The quantitative estimate of drug-likeness (QED) is 0.0848. The molecule has 0 saturated heterocycles. The molecule has 0 saturated carbocycles. The van der Waals surface area contributed by atoms with Gasteiger partial charge in [-0.1, -0.05) is 24.3 Å². The van der Waals surface area contributed by atoms with Gasteiger partial charge < -0.3 is 51.3 Å². The minimum absolute atomic E-state index is 0.0261. The Labute approximate surface area is 262 Å². The number of phenols is 8. The van der Waals surface area contributed by atoms with Crippen molar-refractivity contribution in [3.05, 3.63) is 95.1 Å². The molecule has 1 amide bonds. The first-order valence-corrected chi connectivity index (χ1v) is 13.1. The number of carbonyl (C=O) groups excluding carboxylic acids is 4. The maximum atomic E-state index is 11.1. The summed E-state index contributed by atoms with van der Waals surface area (Å²) in [6.07, 6.45) is 0. The van der Waals surface area contributed by atoms with Crippen molar-refractivity contribution in [2.24, 2.45) is 5.73 Å². The van der Waals surface area contributed by atoms with Gasteiger partial charge in [0.25, 0.3) is 5.91 Å². The number of ketones is 2. The molecule has 46 heavy (non-hydrogen) atoms. The van der Waals surface area contributed by atoms with E-state index in [-0.39, 0.29) is 74.9 Å². The summed E-state index contributed by atoms with van der Waals surface area (Å²) in [4.78, 5) is 43.1. The van der Waals surface area contributed by atoms with Gasteiger partial charge in [-0.25, -0.2) is 4.79 Å². The van der Waals surface area contributed by atoms with Crippen molar-refractivity contribution in [2.45, 2.75) is 20.8 Å². The number of hydrogen-bond acceptors (Lipinski definition) is 13. The number of ether oxygens (including phenoxy) is 1.